The third-order valence-electron chi connectivity index (χ3n) is 1.82. The Morgan fingerprint density at radius 2 is 2.36 bits per heavy atom. The molecule has 1 atom stereocenters. The maximum Gasteiger partial charge on any atom is 0.164 e. The molecule has 0 spiro atoms. The van der Waals surface area contributed by atoms with E-state index in [0.717, 1.165) is 5.57 Å². The molecular weight excluding hydrogens is 180 g/mol. The summed E-state index contributed by atoms with van der Waals surface area (Å²) >= 11 is 0. The topological polar surface area (TPSA) is 38.7 Å². The van der Waals surface area contributed by atoms with E-state index in [1.54, 1.807) is 6.08 Å². The van der Waals surface area contributed by atoms with Crippen molar-refractivity contribution < 1.29 is 14.6 Å². The van der Waals surface area contributed by atoms with Crippen molar-refractivity contribution in [1.82, 2.24) is 0 Å². The van der Waals surface area contributed by atoms with Crippen LogP contribution in [0.5, 0.6) is 0 Å². The van der Waals surface area contributed by atoms with Gasteiger partial charge in [0.1, 0.15) is 6.10 Å². The molecule has 1 fully saturated rings. The monoisotopic (exact) mass is 196 g/mol. The van der Waals surface area contributed by atoms with Crippen LogP contribution < -0.4 is 0 Å². The van der Waals surface area contributed by atoms with Crippen LogP contribution in [-0.2, 0) is 9.47 Å². The van der Waals surface area contributed by atoms with Gasteiger partial charge in [0.2, 0.25) is 0 Å². The van der Waals surface area contributed by atoms with Crippen LogP contribution in [0.2, 0.25) is 0 Å². The third-order valence-corrected chi connectivity index (χ3v) is 1.82. The first kappa shape index (κ1) is 11.3. The van der Waals surface area contributed by atoms with Crippen molar-refractivity contribution in [2.75, 3.05) is 13.2 Å². The average molecular weight is 196 g/mol. The number of hydrogen-bond donors (Lipinski definition) is 1. The van der Waals surface area contributed by atoms with Crippen LogP contribution in [0.3, 0.4) is 0 Å². The van der Waals surface area contributed by atoms with Crippen LogP contribution in [-0.4, -0.2) is 30.2 Å². The van der Waals surface area contributed by atoms with Gasteiger partial charge in [-0.05, 0) is 32.4 Å². The van der Waals surface area contributed by atoms with Gasteiger partial charge < -0.3 is 14.6 Å². The zero-order valence-electron chi connectivity index (χ0n) is 8.83. The molecule has 1 heterocycles. The van der Waals surface area contributed by atoms with Crippen LogP contribution in [0.15, 0.2) is 11.6 Å². The van der Waals surface area contributed by atoms with Gasteiger partial charge in [0.25, 0.3) is 0 Å². The first-order chi connectivity index (χ1) is 6.53. The molecule has 0 aliphatic carbocycles. The van der Waals surface area contributed by atoms with Crippen molar-refractivity contribution in [2.24, 2.45) is 0 Å². The molecule has 0 amide bonds. The van der Waals surface area contributed by atoms with Crippen LogP contribution in [0.1, 0.15) is 20.8 Å². The van der Waals surface area contributed by atoms with E-state index in [1.165, 1.54) is 0 Å². The number of ether oxygens (including phenoxy) is 2. The smallest absolute Gasteiger partial charge is 0.164 e. The van der Waals surface area contributed by atoms with Crippen molar-refractivity contribution in [3.8, 4) is 11.8 Å². The molecule has 1 aliphatic rings. The second-order valence-electron chi connectivity index (χ2n) is 3.75. The van der Waals surface area contributed by atoms with Crippen molar-refractivity contribution in [2.45, 2.75) is 32.7 Å². The summed E-state index contributed by atoms with van der Waals surface area (Å²) < 4.78 is 10.8. The maximum absolute atomic E-state index is 8.72. The van der Waals surface area contributed by atoms with E-state index >= 15 is 0 Å². The molecule has 3 nitrogen and oxygen atoms in total. The van der Waals surface area contributed by atoms with E-state index in [1.807, 2.05) is 20.8 Å². The van der Waals surface area contributed by atoms with E-state index in [9.17, 15) is 0 Å². The molecule has 0 aromatic carbocycles. The van der Waals surface area contributed by atoms with E-state index in [0.29, 0.717) is 6.61 Å². The van der Waals surface area contributed by atoms with Gasteiger partial charge in [0.15, 0.2) is 5.79 Å². The van der Waals surface area contributed by atoms with E-state index in [2.05, 4.69) is 11.8 Å². The number of aliphatic hydroxyl groups is 1. The van der Waals surface area contributed by atoms with Crippen molar-refractivity contribution in [3.05, 3.63) is 11.6 Å². The van der Waals surface area contributed by atoms with Gasteiger partial charge in [0.05, 0.1) is 13.2 Å². The van der Waals surface area contributed by atoms with Crippen molar-refractivity contribution in [3.63, 3.8) is 0 Å². The molecule has 0 aromatic heterocycles. The highest BCUT2D eigenvalue weighted by molar-refractivity contribution is 5.22. The summed E-state index contributed by atoms with van der Waals surface area (Å²) in [7, 11) is 0. The summed E-state index contributed by atoms with van der Waals surface area (Å²) in [5.41, 5.74) is 0.843. The molecular formula is C11H16O3. The minimum absolute atomic E-state index is 0.0438. The Labute approximate surface area is 84.7 Å². The molecule has 1 rings (SSSR count). The largest absolute Gasteiger partial charge is 0.392 e. The Kier molecular flexibility index (Phi) is 3.70. The minimum atomic E-state index is -0.519. The molecule has 0 bridgehead atoms. The lowest BCUT2D eigenvalue weighted by atomic mass is 10.3. The lowest BCUT2D eigenvalue weighted by molar-refractivity contribution is -0.132. The van der Waals surface area contributed by atoms with E-state index < -0.39 is 5.79 Å². The quantitative estimate of drug-likeness (QED) is 0.638. The minimum Gasteiger partial charge on any atom is -0.392 e. The standard InChI is InChI=1S/C11H16O3/c1-9(7-12)5-4-6-10-8-13-11(2,3)14-10/h5,10,12H,7-8H2,1-3H3/b9-5+/t10-/m0/s1. The Balaban J connectivity index is 2.46. The van der Waals surface area contributed by atoms with Gasteiger partial charge in [-0.2, -0.15) is 0 Å². The van der Waals surface area contributed by atoms with E-state index in [4.69, 9.17) is 14.6 Å². The van der Waals surface area contributed by atoms with Crippen LogP contribution >= 0.6 is 0 Å². The summed E-state index contributed by atoms with van der Waals surface area (Å²) in [5, 5.41) is 8.72. The first-order valence-electron chi connectivity index (χ1n) is 4.63. The highest BCUT2D eigenvalue weighted by Gasteiger charge is 2.31. The molecule has 0 aromatic rings. The molecule has 0 radical (unpaired) electrons. The summed E-state index contributed by atoms with van der Waals surface area (Å²) in [4.78, 5) is 0. The Morgan fingerprint density at radius 1 is 1.64 bits per heavy atom. The van der Waals surface area contributed by atoms with Crippen LogP contribution in [0.4, 0.5) is 0 Å². The van der Waals surface area contributed by atoms with Crippen molar-refractivity contribution in [1.29, 1.82) is 0 Å². The van der Waals surface area contributed by atoms with Gasteiger partial charge in [0, 0.05) is 0 Å². The third kappa shape index (κ3) is 3.51. The van der Waals surface area contributed by atoms with Crippen LogP contribution in [0.25, 0.3) is 0 Å². The zero-order chi connectivity index (χ0) is 10.6. The highest BCUT2D eigenvalue weighted by Crippen LogP contribution is 2.21. The Hall–Kier alpha value is -0.820. The number of allylic oxidation sites excluding steroid dienone is 1. The second-order valence-corrected chi connectivity index (χ2v) is 3.75. The lowest BCUT2D eigenvalue weighted by Crippen LogP contribution is -2.20. The highest BCUT2D eigenvalue weighted by atomic mass is 16.7. The normalized spacial score (nSPS) is 25.7. The predicted octanol–water partition coefficient (Wildman–Crippen LogP) is 1.08. The molecule has 3 heteroatoms. The molecule has 1 saturated heterocycles. The number of aliphatic hydroxyl groups excluding tert-OH is 1. The lowest BCUT2D eigenvalue weighted by Gasteiger charge is -2.14. The molecule has 0 unspecified atom stereocenters. The molecule has 1 aliphatic heterocycles. The van der Waals surface area contributed by atoms with E-state index in [-0.39, 0.29) is 12.7 Å². The first-order valence-corrected chi connectivity index (χ1v) is 4.63. The molecule has 78 valence electrons. The molecule has 0 saturated carbocycles. The molecule has 1 N–H and O–H groups in total. The van der Waals surface area contributed by atoms with Crippen LogP contribution in [0, 0.1) is 11.8 Å². The zero-order valence-corrected chi connectivity index (χ0v) is 8.83. The Bertz CT molecular complexity index is 281. The van der Waals surface area contributed by atoms with Crippen molar-refractivity contribution >= 4 is 0 Å². The summed E-state index contributed by atoms with van der Waals surface area (Å²) in [5.74, 6) is 5.24. The maximum atomic E-state index is 8.72. The van der Waals surface area contributed by atoms with Gasteiger partial charge in [-0.3, -0.25) is 0 Å². The molecule has 14 heavy (non-hydrogen) atoms. The summed E-state index contributed by atoms with van der Waals surface area (Å²) in [6.07, 6.45) is 1.53. The number of rotatable bonds is 1. The second kappa shape index (κ2) is 4.61. The fourth-order valence-corrected chi connectivity index (χ4v) is 1.06. The SMILES string of the molecule is C/C(=C\C#C[C@H]1COC(C)(C)O1)CO. The predicted molar refractivity (Wildman–Crippen MR) is 53.5 cm³/mol. The number of hydrogen-bond acceptors (Lipinski definition) is 3. The van der Waals surface area contributed by atoms with Gasteiger partial charge in [-0.15, -0.1) is 0 Å². The van der Waals surface area contributed by atoms with Gasteiger partial charge >= 0.3 is 0 Å². The Morgan fingerprint density at radius 3 is 2.86 bits per heavy atom. The summed E-state index contributed by atoms with van der Waals surface area (Å²) in [6.45, 7) is 6.10. The summed E-state index contributed by atoms with van der Waals surface area (Å²) in [6, 6.07) is 0. The van der Waals surface area contributed by atoms with Gasteiger partial charge in [-0.25, -0.2) is 0 Å². The fraction of sp³-hybridized carbons (Fsp3) is 0.636. The average Bonchev–Trinajstić information content (AvgIpc) is 2.45. The van der Waals surface area contributed by atoms with Gasteiger partial charge in [-0.1, -0.05) is 11.8 Å². The fourth-order valence-electron chi connectivity index (χ4n) is 1.06.